The largest absolute Gasteiger partial charge is 0.353 e. The molecule has 3 rings (SSSR count). The van der Waals surface area contributed by atoms with Gasteiger partial charge in [-0.3, -0.25) is 4.79 Å². The second kappa shape index (κ2) is 5.20. The van der Waals surface area contributed by atoms with Crippen LogP contribution in [0.1, 0.15) is 6.92 Å². The number of amides is 1. The Labute approximate surface area is 120 Å². The van der Waals surface area contributed by atoms with E-state index in [2.05, 4.69) is 10.3 Å². The van der Waals surface area contributed by atoms with Crippen molar-refractivity contribution < 1.29 is 9.18 Å². The van der Waals surface area contributed by atoms with E-state index in [1.165, 1.54) is 17.4 Å². The second-order valence-electron chi connectivity index (χ2n) is 4.66. The summed E-state index contributed by atoms with van der Waals surface area (Å²) >= 11 is 1.43. The Morgan fingerprint density at radius 2 is 2.25 bits per heavy atom. The molecule has 104 valence electrons. The molecular formula is C14H14FN3OS. The molecule has 1 aliphatic rings. The lowest BCUT2D eigenvalue weighted by Crippen LogP contribution is -2.54. The minimum absolute atomic E-state index is 0.00103. The van der Waals surface area contributed by atoms with Crippen molar-refractivity contribution in [3.8, 4) is 11.3 Å². The Morgan fingerprint density at radius 1 is 1.45 bits per heavy atom. The monoisotopic (exact) mass is 291 g/mol. The number of thiazole rings is 1. The van der Waals surface area contributed by atoms with E-state index in [1.807, 2.05) is 17.2 Å². The Bertz CT molecular complexity index is 643. The summed E-state index contributed by atoms with van der Waals surface area (Å²) in [5.41, 5.74) is 1.10. The van der Waals surface area contributed by atoms with Crippen LogP contribution in [0.3, 0.4) is 0 Å². The molecule has 0 saturated carbocycles. The summed E-state index contributed by atoms with van der Waals surface area (Å²) in [5.74, 6) is -0.285. The van der Waals surface area contributed by atoms with Crippen molar-refractivity contribution in [2.75, 3.05) is 18.0 Å². The molecular weight excluding hydrogens is 277 g/mol. The lowest BCUT2D eigenvalue weighted by Gasteiger charge is -2.32. The molecule has 1 N–H and O–H groups in total. The summed E-state index contributed by atoms with van der Waals surface area (Å²) < 4.78 is 13.8. The fourth-order valence-electron chi connectivity index (χ4n) is 2.23. The number of nitrogens with one attached hydrogen (secondary N) is 1. The van der Waals surface area contributed by atoms with Crippen LogP contribution in [0.5, 0.6) is 0 Å². The summed E-state index contributed by atoms with van der Waals surface area (Å²) in [6.45, 7) is 3.17. The SMILES string of the molecule is CC1C(=O)NCCN1c1nc(-c2ccccc2F)cs1. The summed E-state index contributed by atoms with van der Waals surface area (Å²) in [4.78, 5) is 18.1. The van der Waals surface area contributed by atoms with E-state index in [0.29, 0.717) is 17.8 Å². The van der Waals surface area contributed by atoms with E-state index in [4.69, 9.17) is 0 Å². The number of rotatable bonds is 2. The lowest BCUT2D eigenvalue weighted by molar-refractivity contribution is -0.122. The Kier molecular flexibility index (Phi) is 3.40. The van der Waals surface area contributed by atoms with E-state index in [1.54, 1.807) is 18.2 Å². The number of benzene rings is 1. The maximum absolute atomic E-state index is 13.8. The van der Waals surface area contributed by atoms with Gasteiger partial charge in [0.1, 0.15) is 11.9 Å². The van der Waals surface area contributed by atoms with Gasteiger partial charge >= 0.3 is 0 Å². The van der Waals surface area contributed by atoms with Gasteiger partial charge in [0.25, 0.3) is 0 Å². The van der Waals surface area contributed by atoms with Gasteiger partial charge in [-0.1, -0.05) is 12.1 Å². The van der Waals surface area contributed by atoms with E-state index in [9.17, 15) is 9.18 Å². The van der Waals surface area contributed by atoms with Crippen molar-refractivity contribution in [2.24, 2.45) is 0 Å². The highest BCUT2D eigenvalue weighted by Gasteiger charge is 2.27. The van der Waals surface area contributed by atoms with Gasteiger partial charge in [-0.25, -0.2) is 9.37 Å². The molecule has 4 nitrogen and oxygen atoms in total. The van der Waals surface area contributed by atoms with Crippen LogP contribution in [0.2, 0.25) is 0 Å². The highest BCUT2D eigenvalue weighted by atomic mass is 32.1. The lowest BCUT2D eigenvalue weighted by atomic mass is 10.1. The number of halogens is 1. The average Bonchev–Trinajstić information content (AvgIpc) is 2.92. The van der Waals surface area contributed by atoms with Crippen molar-refractivity contribution in [1.29, 1.82) is 0 Å². The molecule has 0 aliphatic carbocycles. The molecule has 1 atom stereocenters. The van der Waals surface area contributed by atoms with Gasteiger partial charge in [-0.15, -0.1) is 11.3 Å². The smallest absolute Gasteiger partial charge is 0.242 e. The Morgan fingerprint density at radius 3 is 3.05 bits per heavy atom. The van der Waals surface area contributed by atoms with E-state index in [-0.39, 0.29) is 17.8 Å². The van der Waals surface area contributed by atoms with E-state index >= 15 is 0 Å². The molecule has 2 aromatic rings. The van der Waals surface area contributed by atoms with Gasteiger partial charge in [-0.05, 0) is 19.1 Å². The van der Waals surface area contributed by atoms with Gasteiger partial charge in [0.15, 0.2) is 5.13 Å². The van der Waals surface area contributed by atoms with Crippen LogP contribution in [0.15, 0.2) is 29.6 Å². The third-order valence-electron chi connectivity index (χ3n) is 3.39. The molecule has 0 radical (unpaired) electrons. The molecule has 1 unspecified atom stereocenters. The molecule has 0 spiro atoms. The van der Waals surface area contributed by atoms with Crippen LogP contribution in [0.4, 0.5) is 9.52 Å². The highest BCUT2D eigenvalue weighted by Crippen LogP contribution is 2.30. The molecule has 0 bridgehead atoms. The standard InChI is InChI=1S/C14H14FN3OS/c1-9-13(19)16-6-7-18(9)14-17-12(8-20-14)10-4-2-3-5-11(10)15/h2-5,8-9H,6-7H2,1H3,(H,16,19). The van der Waals surface area contributed by atoms with Crippen molar-refractivity contribution in [1.82, 2.24) is 10.3 Å². The predicted molar refractivity (Wildman–Crippen MR) is 77.3 cm³/mol. The number of hydrogen-bond acceptors (Lipinski definition) is 4. The van der Waals surface area contributed by atoms with Crippen molar-refractivity contribution in [3.63, 3.8) is 0 Å². The maximum Gasteiger partial charge on any atom is 0.242 e. The summed E-state index contributed by atoms with van der Waals surface area (Å²) in [6, 6.07) is 6.33. The van der Waals surface area contributed by atoms with Gasteiger partial charge in [0.2, 0.25) is 5.91 Å². The molecule has 1 amide bonds. The number of anilines is 1. The Balaban J connectivity index is 1.91. The van der Waals surface area contributed by atoms with Gasteiger partial charge in [0.05, 0.1) is 5.69 Å². The molecule has 2 heterocycles. The zero-order chi connectivity index (χ0) is 14.1. The van der Waals surface area contributed by atoms with Crippen LogP contribution in [-0.4, -0.2) is 30.0 Å². The third-order valence-corrected chi connectivity index (χ3v) is 4.26. The zero-order valence-electron chi connectivity index (χ0n) is 11.0. The number of hydrogen-bond donors (Lipinski definition) is 1. The van der Waals surface area contributed by atoms with Crippen molar-refractivity contribution >= 4 is 22.4 Å². The van der Waals surface area contributed by atoms with Gasteiger partial charge in [0, 0.05) is 24.0 Å². The van der Waals surface area contributed by atoms with Crippen LogP contribution < -0.4 is 10.2 Å². The number of nitrogens with zero attached hydrogens (tertiary/aromatic N) is 2. The first-order valence-electron chi connectivity index (χ1n) is 6.41. The second-order valence-corrected chi connectivity index (χ2v) is 5.49. The number of carbonyl (C=O) groups is 1. The van der Waals surface area contributed by atoms with Gasteiger partial charge in [-0.2, -0.15) is 0 Å². The first kappa shape index (κ1) is 13.1. The summed E-state index contributed by atoms with van der Waals surface area (Å²) in [6.07, 6.45) is 0. The predicted octanol–water partition coefficient (Wildman–Crippen LogP) is 2.27. The van der Waals surface area contributed by atoms with Crippen LogP contribution in [0.25, 0.3) is 11.3 Å². The quantitative estimate of drug-likeness (QED) is 0.923. The minimum atomic E-state index is -0.284. The topological polar surface area (TPSA) is 45.2 Å². The highest BCUT2D eigenvalue weighted by molar-refractivity contribution is 7.14. The summed E-state index contributed by atoms with van der Waals surface area (Å²) in [5, 5.41) is 5.40. The van der Waals surface area contributed by atoms with E-state index in [0.717, 1.165) is 11.7 Å². The molecule has 1 aliphatic heterocycles. The van der Waals surface area contributed by atoms with Gasteiger partial charge < -0.3 is 10.2 Å². The minimum Gasteiger partial charge on any atom is -0.353 e. The van der Waals surface area contributed by atoms with E-state index < -0.39 is 0 Å². The van der Waals surface area contributed by atoms with Crippen molar-refractivity contribution in [3.05, 3.63) is 35.5 Å². The van der Waals surface area contributed by atoms with Crippen LogP contribution in [0, 0.1) is 5.82 Å². The number of carbonyl (C=O) groups excluding carboxylic acids is 1. The average molecular weight is 291 g/mol. The third kappa shape index (κ3) is 2.27. The van der Waals surface area contributed by atoms with Crippen molar-refractivity contribution in [2.45, 2.75) is 13.0 Å². The first-order chi connectivity index (χ1) is 9.66. The van der Waals surface area contributed by atoms with Crippen LogP contribution >= 0.6 is 11.3 Å². The fraction of sp³-hybridized carbons (Fsp3) is 0.286. The zero-order valence-corrected chi connectivity index (χ0v) is 11.8. The molecule has 1 fully saturated rings. The fourth-order valence-corrected chi connectivity index (χ4v) is 3.17. The maximum atomic E-state index is 13.8. The van der Waals surface area contributed by atoms with Crippen LogP contribution in [-0.2, 0) is 4.79 Å². The molecule has 20 heavy (non-hydrogen) atoms. The molecule has 1 aromatic carbocycles. The molecule has 6 heteroatoms. The molecule has 1 saturated heterocycles. The summed E-state index contributed by atoms with van der Waals surface area (Å²) in [7, 11) is 0. The number of aromatic nitrogens is 1. The number of piperazine rings is 1. The Hall–Kier alpha value is -1.95. The normalized spacial score (nSPS) is 19.0. The molecule has 1 aromatic heterocycles. The first-order valence-corrected chi connectivity index (χ1v) is 7.29.